The molecule has 0 atom stereocenters. The van der Waals surface area contributed by atoms with Gasteiger partial charge in [0.05, 0.1) is 12.4 Å². The van der Waals surface area contributed by atoms with E-state index in [0.717, 1.165) is 6.54 Å². The second-order valence-corrected chi connectivity index (χ2v) is 1.99. The van der Waals surface area contributed by atoms with E-state index in [4.69, 9.17) is 11.6 Å². The number of rotatable bonds is 1. The molecule has 0 aromatic heterocycles. The van der Waals surface area contributed by atoms with Gasteiger partial charge in [0.1, 0.15) is 0 Å². The Balaban J connectivity index is 3.15. The number of halogens is 1. The van der Waals surface area contributed by atoms with E-state index in [2.05, 4.69) is 11.8 Å². The summed E-state index contributed by atoms with van der Waals surface area (Å²) in [7, 11) is 3.95. The van der Waals surface area contributed by atoms with Crippen molar-refractivity contribution in [3.8, 4) is 11.8 Å². The molecular formula is C6H10ClN. The van der Waals surface area contributed by atoms with Crippen LogP contribution in [-0.2, 0) is 0 Å². The van der Waals surface area contributed by atoms with Crippen LogP contribution in [0.4, 0.5) is 0 Å². The summed E-state index contributed by atoms with van der Waals surface area (Å²) in [5.74, 6) is 6.07. The van der Waals surface area contributed by atoms with Crippen molar-refractivity contribution in [2.75, 3.05) is 26.5 Å². The second-order valence-electron chi connectivity index (χ2n) is 1.72. The van der Waals surface area contributed by atoms with Crippen molar-refractivity contribution in [3.05, 3.63) is 0 Å². The van der Waals surface area contributed by atoms with E-state index >= 15 is 0 Å². The average Bonchev–Trinajstić information content (AvgIpc) is 1.66. The molecule has 0 heterocycles. The summed E-state index contributed by atoms with van der Waals surface area (Å²) in [5.41, 5.74) is 0. The Hall–Kier alpha value is -0.190. The van der Waals surface area contributed by atoms with Gasteiger partial charge < -0.3 is 0 Å². The van der Waals surface area contributed by atoms with Crippen LogP contribution in [0.2, 0.25) is 0 Å². The Labute approximate surface area is 55.6 Å². The van der Waals surface area contributed by atoms with Crippen molar-refractivity contribution in [1.82, 2.24) is 4.90 Å². The Morgan fingerprint density at radius 3 is 2.38 bits per heavy atom. The van der Waals surface area contributed by atoms with Gasteiger partial charge in [-0.3, -0.25) is 4.90 Å². The smallest absolute Gasteiger partial charge is 0.0835 e. The lowest BCUT2D eigenvalue weighted by Gasteiger charge is -2.00. The molecule has 0 N–H and O–H groups in total. The maximum atomic E-state index is 5.29. The SMILES string of the molecule is CN(C)CC#CCCl. The summed E-state index contributed by atoms with van der Waals surface area (Å²) in [6.07, 6.45) is 0. The van der Waals surface area contributed by atoms with Gasteiger partial charge in [0.25, 0.3) is 0 Å². The molecule has 0 aromatic carbocycles. The first-order valence-corrected chi connectivity index (χ1v) is 2.97. The third-order valence-corrected chi connectivity index (χ3v) is 0.721. The fourth-order valence-corrected chi connectivity index (χ4v) is 0.356. The molecule has 0 saturated carbocycles. The molecule has 0 spiro atoms. The fourth-order valence-electron chi connectivity index (χ4n) is 0.261. The molecule has 0 radical (unpaired) electrons. The zero-order valence-corrected chi connectivity index (χ0v) is 6.00. The monoisotopic (exact) mass is 131 g/mol. The van der Waals surface area contributed by atoms with Crippen molar-refractivity contribution >= 4 is 11.6 Å². The zero-order chi connectivity index (χ0) is 6.41. The molecule has 0 rings (SSSR count). The van der Waals surface area contributed by atoms with Crippen LogP contribution in [0.3, 0.4) is 0 Å². The number of hydrogen-bond acceptors (Lipinski definition) is 1. The molecule has 0 amide bonds. The van der Waals surface area contributed by atoms with E-state index in [0.29, 0.717) is 5.88 Å². The summed E-state index contributed by atoms with van der Waals surface area (Å²) in [6, 6.07) is 0. The minimum Gasteiger partial charge on any atom is -0.299 e. The summed E-state index contributed by atoms with van der Waals surface area (Å²) in [6.45, 7) is 0.798. The molecule has 46 valence electrons. The van der Waals surface area contributed by atoms with E-state index < -0.39 is 0 Å². The van der Waals surface area contributed by atoms with Crippen molar-refractivity contribution in [2.24, 2.45) is 0 Å². The lowest BCUT2D eigenvalue weighted by molar-refractivity contribution is 0.464. The van der Waals surface area contributed by atoms with Gasteiger partial charge in [-0.05, 0) is 14.1 Å². The highest BCUT2D eigenvalue weighted by Crippen LogP contribution is 1.71. The van der Waals surface area contributed by atoms with E-state index in [-0.39, 0.29) is 0 Å². The molecular weight excluding hydrogens is 122 g/mol. The van der Waals surface area contributed by atoms with E-state index in [1.54, 1.807) is 0 Å². The normalized spacial score (nSPS) is 8.50. The lowest BCUT2D eigenvalue weighted by atomic mass is 10.6. The van der Waals surface area contributed by atoms with Crippen LogP contribution in [0.5, 0.6) is 0 Å². The molecule has 8 heavy (non-hydrogen) atoms. The van der Waals surface area contributed by atoms with Crippen LogP contribution in [0, 0.1) is 11.8 Å². The first-order chi connectivity index (χ1) is 3.77. The number of alkyl halides is 1. The molecule has 1 nitrogen and oxygen atoms in total. The predicted molar refractivity (Wildman–Crippen MR) is 37.1 cm³/mol. The summed E-state index contributed by atoms with van der Waals surface area (Å²) >= 11 is 5.29. The molecule has 0 saturated heterocycles. The van der Waals surface area contributed by atoms with Gasteiger partial charge in [-0.15, -0.1) is 11.6 Å². The summed E-state index contributed by atoms with van der Waals surface area (Å²) in [4.78, 5) is 2.00. The molecule has 0 unspecified atom stereocenters. The van der Waals surface area contributed by atoms with E-state index in [1.807, 2.05) is 19.0 Å². The van der Waals surface area contributed by atoms with Gasteiger partial charge in [-0.25, -0.2) is 0 Å². The fraction of sp³-hybridized carbons (Fsp3) is 0.667. The lowest BCUT2D eigenvalue weighted by Crippen LogP contribution is -2.10. The molecule has 2 heteroatoms. The molecule has 0 aliphatic carbocycles. The van der Waals surface area contributed by atoms with Crippen LogP contribution >= 0.6 is 11.6 Å². The highest BCUT2D eigenvalue weighted by atomic mass is 35.5. The van der Waals surface area contributed by atoms with Gasteiger partial charge >= 0.3 is 0 Å². The van der Waals surface area contributed by atoms with Crippen molar-refractivity contribution in [1.29, 1.82) is 0 Å². The van der Waals surface area contributed by atoms with Gasteiger partial charge in [-0.1, -0.05) is 11.8 Å². The third kappa shape index (κ3) is 5.81. The molecule has 0 fully saturated rings. The number of nitrogens with zero attached hydrogens (tertiary/aromatic N) is 1. The maximum absolute atomic E-state index is 5.29. The van der Waals surface area contributed by atoms with Crippen LogP contribution in [0.25, 0.3) is 0 Å². The quantitative estimate of drug-likeness (QED) is 0.376. The topological polar surface area (TPSA) is 3.24 Å². The minimum absolute atomic E-state index is 0.438. The van der Waals surface area contributed by atoms with Crippen LogP contribution in [0.15, 0.2) is 0 Å². The predicted octanol–water partition coefficient (Wildman–Crippen LogP) is 0.790. The van der Waals surface area contributed by atoms with Crippen molar-refractivity contribution in [2.45, 2.75) is 0 Å². The van der Waals surface area contributed by atoms with Crippen molar-refractivity contribution < 1.29 is 0 Å². The first-order valence-electron chi connectivity index (χ1n) is 2.44. The highest BCUT2D eigenvalue weighted by Gasteiger charge is 1.77. The average molecular weight is 132 g/mol. The number of hydrogen-bond donors (Lipinski definition) is 0. The van der Waals surface area contributed by atoms with E-state index in [1.165, 1.54) is 0 Å². The first kappa shape index (κ1) is 7.81. The molecule has 0 aromatic rings. The van der Waals surface area contributed by atoms with Gasteiger partial charge in [0, 0.05) is 0 Å². The largest absolute Gasteiger partial charge is 0.299 e. The van der Waals surface area contributed by atoms with E-state index in [9.17, 15) is 0 Å². The molecule has 0 aliphatic rings. The Bertz CT molecular complexity index is 98.8. The Morgan fingerprint density at radius 1 is 1.38 bits per heavy atom. The summed E-state index contributed by atoms with van der Waals surface area (Å²) < 4.78 is 0. The van der Waals surface area contributed by atoms with Crippen LogP contribution < -0.4 is 0 Å². The summed E-state index contributed by atoms with van der Waals surface area (Å²) in [5, 5.41) is 0. The molecule has 0 aliphatic heterocycles. The van der Waals surface area contributed by atoms with Gasteiger partial charge in [-0.2, -0.15) is 0 Å². The van der Waals surface area contributed by atoms with Crippen LogP contribution in [0.1, 0.15) is 0 Å². The Morgan fingerprint density at radius 2 is 2.00 bits per heavy atom. The highest BCUT2D eigenvalue weighted by molar-refractivity contribution is 6.19. The standard InChI is InChI=1S/C6H10ClN/c1-8(2)6-4-3-5-7/h5-6H2,1-2H3. The van der Waals surface area contributed by atoms with Crippen molar-refractivity contribution in [3.63, 3.8) is 0 Å². The maximum Gasteiger partial charge on any atom is 0.0835 e. The van der Waals surface area contributed by atoms with Gasteiger partial charge in [0.2, 0.25) is 0 Å². The Kier molecular flexibility index (Phi) is 4.84. The third-order valence-electron chi connectivity index (χ3n) is 0.587. The minimum atomic E-state index is 0.438. The second kappa shape index (κ2) is 4.96. The van der Waals surface area contributed by atoms with Crippen LogP contribution in [-0.4, -0.2) is 31.4 Å². The molecule has 0 bridgehead atoms. The zero-order valence-electron chi connectivity index (χ0n) is 5.24. The van der Waals surface area contributed by atoms with Gasteiger partial charge in [0.15, 0.2) is 0 Å².